The average Bonchev–Trinajstić information content (AvgIpc) is 1.88. The van der Waals surface area contributed by atoms with Crippen LogP contribution in [0.25, 0.3) is 0 Å². The summed E-state index contributed by atoms with van der Waals surface area (Å²) in [5.74, 6) is 0.139. The maximum Gasteiger partial charge on any atom is 0.216 e. The molecule has 0 spiro atoms. The van der Waals surface area contributed by atoms with Gasteiger partial charge < -0.3 is 4.74 Å². The van der Waals surface area contributed by atoms with Gasteiger partial charge in [-0.25, -0.2) is 9.37 Å². The highest BCUT2D eigenvalue weighted by Gasteiger charge is 1.98. The first-order valence-electron chi connectivity index (χ1n) is 2.90. The number of rotatable bonds is 1. The maximum absolute atomic E-state index is 12.4. The molecule has 54 valence electrons. The Bertz CT molecular complexity index is 237. The normalized spacial score (nSPS) is 9.50. The van der Waals surface area contributed by atoms with E-state index in [2.05, 4.69) is 4.98 Å². The quantitative estimate of drug-likeness (QED) is 0.591. The lowest BCUT2D eigenvalue weighted by Crippen LogP contribution is -1.91. The SMILES string of the molecule is COc1ncc(F)cc1C. The number of ether oxygens (including phenoxy) is 1. The van der Waals surface area contributed by atoms with E-state index in [1.54, 1.807) is 6.92 Å². The fraction of sp³-hybridized carbons (Fsp3) is 0.286. The van der Waals surface area contributed by atoms with E-state index in [1.807, 2.05) is 0 Å². The Morgan fingerprint density at radius 3 is 2.80 bits per heavy atom. The van der Waals surface area contributed by atoms with Crippen LogP contribution in [0.1, 0.15) is 5.56 Å². The third kappa shape index (κ3) is 1.23. The third-order valence-corrected chi connectivity index (χ3v) is 1.19. The Hall–Kier alpha value is -1.12. The molecule has 0 saturated carbocycles. The molecule has 0 N–H and O–H groups in total. The van der Waals surface area contributed by atoms with Crippen LogP contribution in [0.5, 0.6) is 5.88 Å². The van der Waals surface area contributed by atoms with Gasteiger partial charge in [-0.1, -0.05) is 0 Å². The monoisotopic (exact) mass is 141 g/mol. The second kappa shape index (κ2) is 2.64. The summed E-state index contributed by atoms with van der Waals surface area (Å²) in [4.78, 5) is 3.70. The Kier molecular flexibility index (Phi) is 1.85. The van der Waals surface area contributed by atoms with E-state index in [0.29, 0.717) is 11.4 Å². The molecule has 0 amide bonds. The topological polar surface area (TPSA) is 22.1 Å². The lowest BCUT2D eigenvalue weighted by atomic mass is 10.3. The molecular formula is C7H8FNO. The van der Waals surface area contributed by atoms with Gasteiger partial charge in [0.05, 0.1) is 13.3 Å². The van der Waals surface area contributed by atoms with Gasteiger partial charge in [0.25, 0.3) is 0 Å². The van der Waals surface area contributed by atoms with E-state index in [9.17, 15) is 4.39 Å². The van der Waals surface area contributed by atoms with Gasteiger partial charge >= 0.3 is 0 Å². The molecule has 0 aromatic carbocycles. The van der Waals surface area contributed by atoms with Crippen LogP contribution in [0.3, 0.4) is 0 Å². The zero-order chi connectivity index (χ0) is 7.56. The number of nitrogens with zero attached hydrogens (tertiary/aromatic N) is 1. The summed E-state index contributed by atoms with van der Waals surface area (Å²) in [5.41, 5.74) is 0.711. The second-order valence-electron chi connectivity index (χ2n) is 1.98. The first kappa shape index (κ1) is 6.99. The minimum atomic E-state index is -0.335. The number of aromatic nitrogens is 1. The van der Waals surface area contributed by atoms with E-state index in [1.165, 1.54) is 13.2 Å². The number of hydrogen-bond donors (Lipinski definition) is 0. The number of hydrogen-bond acceptors (Lipinski definition) is 2. The standard InChI is InChI=1S/C7H8FNO/c1-5-3-6(8)4-9-7(5)10-2/h3-4H,1-2H3. The lowest BCUT2D eigenvalue weighted by molar-refractivity contribution is 0.392. The van der Waals surface area contributed by atoms with Crippen LogP contribution < -0.4 is 4.74 Å². The Morgan fingerprint density at radius 2 is 2.30 bits per heavy atom. The second-order valence-corrected chi connectivity index (χ2v) is 1.98. The molecule has 0 fully saturated rings. The van der Waals surface area contributed by atoms with Crippen LogP contribution in [0.2, 0.25) is 0 Å². The fourth-order valence-corrected chi connectivity index (χ4v) is 0.742. The Morgan fingerprint density at radius 1 is 1.60 bits per heavy atom. The molecule has 0 aliphatic heterocycles. The van der Waals surface area contributed by atoms with Crippen molar-refractivity contribution in [3.63, 3.8) is 0 Å². The van der Waals surface area contributed by atoms with Gasteiger partial charge in [-0.05, 0) is 13.0 Å². The molecular weight excluding hydrogens is 133 g/mol. The number of aryl methyl sites for hydroxylation is 1. The van der Waals surface area contributed by atoms with Gasteiger partial charge in [-0.3, -0.25) is 0 Å². The summed E-state index contributed by atoms with van der Waals surface area (Å²) in [6.07, 6.45) is 1.13. The van der Waals surface area contributed by atoms with Crippen LogP contribution in [-0.2, 0) is 0 Å². The van der Waals surface area contributed by atoms with Gasteiger partial charge in [0, 0.05) is 5.56 Å². The molecule has 0 saturated heterocycles. The maximum atomic E-state index is 12.4. The van der Waals surface area contributed by atoms with Crippen molar-refractivity contribution in [2.45, 2.75) is 6.92 Å². The van der Waals surface area contributed by atoms with E-state index < -0.39 is 0 Å². The molecule has 0 aliphatic carbocycles. The van der Waals surface area contributed by atoms with Crippen molar-refractivity contribution in [3.8, 4) is 5.88 Å². The van der Waals surface area contributed by atoms with Crippen molar-refractivity contribution < 1.29 is 9.13 Å². The molecule has 3 heteroatoms. The van der Waals surface area contributed by atoms with E-state index in [-0.39, 0.29) is 5.82 Å². The van der Waals surface area contributed by atoms with Crippen LogP contribution in [0, 0.1) is 12.7 Å². The van der Waals surface area contributed by atoms with Gasteiger partial charge in [0.15, 0.2) is 0 Å². The fourth-order valence-electron chi connectivity index (χ4n) is 0.742. The van der Waals surface area contributed by atoms with Crippen molar-refractivity contribution in [2.75, 3.05) is 7.11 Å². The average molecular weight is 141 g/mol. The van der Waals surface area contributed by atoms with Crippen molar-refractivity contribution in [2.24, 2.45) is 0 Å². The summed E-state index contributed by atoms with van der Waals surface area (Å²) >= 11 is 0. The van der Waals surface area contributed by atoms with Crippen molar-refractivity contribution >= 4 is 0 Å². The van der Waals surface area contributed by atoms with Crippen LogP contribution in [0.4, 0.5) is 4.39 Å². The Balaban J connectivity index is 3.07. The highest BCUT2D eigenvalue weighted by Crippen LogP contribution is 2.12. The van der Waals surface area contributed by atoms with Gasteiger partial charge in [0.1, 0.15) is 5.82 Å². The van der Waals surface area contributed by atoms with Gasteiger partial charge in [-0.2, -0.15) is 0 Å². The molecule has 1 aromatic rings. The smallest absolute Gasteiger partial charge is 0.216 e. The lowest BCUT2D eigenvalue weighted by Gasteiger charge is -2.00. The number of pyridine rings is 1. The number of halogens is 1. The molecule has 0 bridgehead atoms. The molecule has 1 heterocycles. The summed E-state index contributed by atoms with van der Waals surface area (Å²) in [5, 5.41) is 0. The molecule has 0 aliphatic rings. The van der Waals surface area contributed by atoms with E-state index in [0.717, 1.165) is 6.20 Å². The molecule has 0 unspecified atom stereocenters. The van der Waals surface area contributed by atoms with Crippen LogP contribution in [0.15, 0.2) is 12.3 Å². The van der Waals surface area contributed by atoms with Crippen LogP contribution in [-0.4, -0.2) is 12.1 Å². The zero-order valence-corrected chi connectivity index (χ0v) is 5.89. The first-order chi connectivity index (χ1) is 4.74. The summed E-state index contributed by atoms with van der Waals surface area (Å²) in [6, 6.07) is 1.38. The molecule has 0 radical (unpaired) electrons. The predicted molar refractivity (Wildman–Crippen MR) is 35.5 cm³/mol. The van der Waals surface area contributed by atoms with Crippen LogP contribution >= 0.6 is 0 Å². The molecule has 0 atom stereocenters. The van der Waals surface area contributed by atoms with Gasteiger partial charge in [-0.15, -0.1) is 0 Å². The predicted octanol–water partition coefficient (Wildman–Crippen LogP) is 1.54. The van der Waals surface area contributed by atoms with E-state index >= 15 is 0 Å². The van der Waals surface area contributed by atoms with Crippen molar-refractivity contribution in [1.82, 2.24) is 4.98 Å². The van der Waals surface area contributed by atoms with Gasteiger partial charge in [0.2, 0.25) is 5.88 Å². The third-order valence-electron chi connectivity index (χ3n) is 1.19. The molecule has 1 rings (SSSR count). The number of methoxy groups -OCH3 is 1. The Labute approximate surface area is 58.7 Å². The highest BCUT2D eigenvalue weighted by atomic mass is 19.1. The molecule has 1 aromatic heterocycles. The summed E-state index contributed by atoms with van der Waals surface area (Å²) in [7, 11) is 1.51. The summed E-state index contributed by atoms with van der Waals surface area (Å²) < 4.78 is 17.2. The molecule has 10 heavy (non-hydrogen) atoms. The largest absolute Gasteiger partial charge is 0.481 e. The minimum Gasteiger partial charge on any atom is -0.481 e. The summed E-state index contributed by atoms with van der Waals surface area (Å²) in [6.45, 7) is 1.74. The van der Waals surface area contributed by atoms with Crippen molar-refractivity contribution in [1.29, 1.82) is 0 Å². The zero-order valence-electron chi connectivity index (χ0n) is 5.89. The minimum absolute atomic E-state index is 0.335. The van der Waals surface area contributed by atoms with Crippen molar-refractivity contribution in [3.05, 3.63) is 23.6 Å². The molecule has 2 nitrogen and oxygen atoms in total. The first-order valence-corrected chi connectivity index (χ1v) is 2.90. The highest BCUT2D eigenvalue weighted by molar-refractivity contribution is 5.23. The van der Waals surface area contributed by atoms with E-state index in [4.69, 9.17) is 4.74 Å².